The number of benzene rings is 1. The number of amides is 2. The highest BCUT2D eigenvalue weighted by atomic mass is 16.2. The van der Waals surface area contributed by atoms with E-state index in [0.29, 0.717) is 5.56 Å². The third-order valence-electron chi connectivity index (χ3n) is 3.59. The number of hydrazine groups is 1. The molecule has 19 heavy (non-hydrogen) atoms. The summed E-state index contributed by atoms with van der Waals surface area (Å²) in [6.07, 6.45) is 5.26. The van der Waals surface area contributed by atoms with Crippen LogP contribution in [-0.4, -0.2) is 11.8 Å². The van der Waals surface area contributed by atoms with E-state index in [1.807, 2.05) is 19.1 Å². The Hall–Kier alpha value is -1.84. The Bertz CT molecular complexity index is 448. The van der Waals surface area contributed by atoms with Gasteiger partial charge in [-0.15, -0.1) is 0 Å². The van der Waals surface area contributed by atoms with Gasteiger partial charge < -0.3 is 0 Å². The number of nitrogens with one attached hydrogen (secondary N) is 2. The van der Waals surface area contributed by atoms with Crippen LogP contribution in [0.2, 0.25) is 0 Å². The first kappa shape index (κ1) is 13.6. The molecule has 1 aromatic rings. The van der Waals surface area contributed by atoms with Crippen molar-refractivity contribution in [3.63, 3.8) is 0 Å². The topological polar surface area (TPSA) is 58.2 Å². The molecule has 0 heterocycles. The molecule has 1 aliphatic carbocycles. The largest absolute Gasteiger partial charge is 0.273 e. The number of hydrogen-bond donors (Lipinski definition) is 2. The summed E-state index contributed by atoms with van der Waals surface area (Å²) >= 11 is 0. The van der Waals surface area contributed by atoms with Crippen LogP contribution < -0.4 is 10.9 Å². The van der Waals surface area contributed by atoms with Crippen LogP contribution in [0.3, 0.4) is 0 Å². The fraction of sp³-hybridized carbons (Fsp3) is 0.467. The van der Waals surface area contributed by atoms with Crippen molar-refractivity contribution < 1.29 is 9.59 Å². The lowest BCUT2D eigenvalue weighted by atomic mass is 9.89. The second-order valence-electron chi connectivity index (χ2n) is 5.14. The first-order valence-electron chi connectivity index (χ1n) is 6.83. The van der Waals surface area contributed by atoms with Crippen LogP contribution in [0.15, 0.2) is 24.3 Å². The van der Waals surface area contributed by atoms with E-state index in [-0.39, 0.29) is 17.7 Å². The SMILES string of the molecule is Cc1ccc(C(=O)NNC(=O)C2CCCCC2)cc1. The molecule has 0 unspecified atom stereocenters. The molecule has 1 aliphatic rings. The van der Waals surface area contributed by atoms with E-state index >= 15 is 0 Å². The van der Waals surface area contributed by atoms with E-state index in [1.54, 1.807) is 12.1 Å². The lowest BCUT2D eigenvalue weighted by molar-refractivity contribution is -0.126. The number of rotatable bonds is 2. The minimum Gasteiger partial charge on any atom is -0.273 e. The van der Waals surface area contributed by atoms with Crippen molar-refractivity contribution in [2.75, 3.05) is 0 Å². The predicted molar refractivity (Wildman–Crippen MR) is 73.4 cm³/mol. The highest BCUT2D eigenvalue weighted by molar-refractivity contribution is 5.95. The molecule has 2 rings (SSSR count). The van der Waals surface area contributed by atoms with Crippen LogP contribution in [0.5, 0.6) is 0 Å². The van der Waals surface area contributed by atoms with Crippen molar-refractivity contribution in [1.29, 1.82) is 0 Å². The highest BCUT2D eigenvalue weighted by Crippen LogP contribution is 2.23. The molecule has 0 radical (unpaired) electrons. The Kier molecular flexibility index (Phi) is 4.55. The Morgan fingerprint density at radius 1 is 1.00 bits per heavy atom. The Morgan fingerprint density at radius 3 is 2.26 bits per heavy atom. The number of aryl methyl sites for hydroxylation is 1. The van der Waals surface area contributed by atoms with Crippen LogP contribution in [0.25, 0.3) is 0 Å². The van der Waals surface area contributed by atoms with E-state index in [4.69, 9.17) is 0 Å². The van der Waals surface area contributed by atoms with Crippen molar-refractivity contribution in [3.8, 4) is 0 Å². The minimum atomic E-state index is -0.274. The molecule has 102 valence electrons. The second-order valence-corrected chi connectivity index (χ2v) is 5.14. The van der Waals surface area contributed by atoms with E-state index in [1.165, 1.54) is 6.42 Å². The van der Waals surface area contributed by atoms with Gasteiger partial charge in [-0.1, -0.05) is 37.0 Å². The lowest BCUT2D eigenvalue weighted by Gasteiger charge is -2.20. The van der Waals surface area contributed by atoms with Crippen molar-refractivity contribution in [2.45, 2.75) is 39.0 Å². The molecule has 0 aliphatic heterocycles. The van der Waals surface area contributed by atoms with E-state index < -0.39 is 0 Å². The van der Waals surface area contributed by atoms with Gasteiger partial charge in [0, 0.05) is 11.5 Å². The smallest absolute Gasteiger partial charge is 0.269 e. The molecule has 1 aromatic carbocycles. The zero-order chi connectivity index (χ0) is 13.7. The van der Waals surface area contributed by atoms with Gasteiger partial charge in [0.15, 0.2) is 0 Å². The average Bonchev–Trinajstić information content (AvgIpc) is 2.46. The van der Waals surface area contributed by atoms with Crippen LogP contribution in [-0.2, 0) is 4.79 Å². The Morgan fingerprint density at radius 2 is 1.63 bits per heavy atom. The molecule has 0 aromatic heterocycles. The molecule has 2 N–H and O–H groups in total. The molecular weight excluding hydrogens is 240 g/mol. The molecular formula is C15H20N2O2. The van der Waals surface area contributed by atoms with E-state index in [2.05, 4.69) is 10.9 Å². The zero-order valence-corrected chi connectivity index (χ0v) is 11.2. The normalized spacial score (nSPS) is 15.8. The van der Waals surface area contributed by atoms with Gasteiger partial charge in [0.1, 0.15) is 0 Å². The summed E-state index contributed by atoms with van der Waals surface area (Å²) in [5.74, 6) is -0.295. The third-order valence-corrected chi connectivity index (χ3v) is 3.59. The first-order chi connectivity index (χ1) is 9.16. The van der Waals surface area contributed by atoms with Crippen LogP contribution in [0.1, 0.15) is 48.0 Å². The van der Waals surface area contributed by atoms with Crippen LogP contribution >= 0.6 is 0 Å². The molecule has 4 heteroatoms. The molecule has 0 bridgehead atoms. The van der Waals surface area contributed by atoms with E-state index in [0.717, 1.165) is 31.2 Å². The molecule has 0 saturated heterocycles. The lowest BCUT2D eigenvalue weighted by Crippen LogP contribution is -2.44. The fourth-order valence-corrected chi connectivity index (χ4v) is 2.36. The van der Waals surface area contributed by atoms with Crippen molar-refractivity contribution in [1.82, 2.24) is 10.9 Å². The molecule has 1 saturated carbocycles. The standard InChI is InChI=1S/C15H20N2O2/c1-11-7-9-13(10-8-11)15(19)17-16-14(18)12-5-3-2-4-6-12/h7-10,12H,2-6H2,1H3,(H,16,18)(H,17,19). The van der Waals surface area contributed by atoms with Gasteiger partial charge in [-0.2, -0.15) is 0 Å². The summed E-state index contributed by atoms with van der Waals surface area (Å²) in [7, 11) is 0. The number of hydrogen-bond acceptors (Lipinski definition) is 2. The van der Waals surface area contributed by atoms with Crippen molar-refractivity contribution >= 4 is 11.8 Å². The molecule has 4 nitrogen and oxygen atoms in total. The zero-order valence-electron chi connectivity index (χ0n) is 11.2. The number of carbonyl (C=O) groups excluding carboxylic acids is 2. The molecule has 1 fully saturated rings. The molecule has 0 atom stereocenters. The van der Waals surface area contributed by atoms with Gasteiger partial charge in [0.05, 0.1) is 0 Å². The Labute approximate surface area is 113 Å². The third kappa shape index (κ3) is 3.81. The average molecular weight is 260 g/mol. The van der Waals surface area contributed by atoms with E-state index in [9.17, 15) is 9.59 Å². The predicted octanol–water partition coefficient (Wildman–Crippen LogP) is 2.34. The van der Waals surface area contributed by atoms with Gasteiger partial charge in [-0.3, -0.25) is 20.4 Å². The van der Waals surface area contributed by atoms with Gasteiger partial charge >= 0.3 is 0 Å². The van der Waals surface area contributed by atoms with Crippen LogP contribution in [0, 0.1) is 12.8 Å². The fourth-order valence-electron chi connectivity index (χ4n) is 2.36. The summed E-state index contributed by atoms with van der Waals surface area (Å²) in [5, 5.41) is 0. The summed E-state index contributed by atoms with van der Waals surface area (Å²) in [5.41, 5.74) is 6.65. The van der Waals surface area contributed by atoms with Gasteiger partial charge in [-0.05, 0) is 31.9 Å². The minimum absolute atomic E-state index is 0.0482. The monoisotopic (exact) mass is 260 g/mol. The van der Waals surface area contributed by atoms with Gasteiger partial charge in [-0.25, -0.2) is 0 Å². The summed E-state index contributed by atoms with van der Waals surface area (Å²) in [6.45, 7) is 1.96. The molecule has 2 amide bonds. The summed E-state index contributed by atoms with van der Waals surface area (Å²) < 4.78 is 0. The Balaban J connectivity index is 1.82. The maximum absolute atomic E-state index is 11.9. The summed E-state index contributed by atoms with van der Waals surface area (Å²) in [6, 6.07) is 7.24. The van der Waals surface area contributed by atoms with Crippen LogP contribution in [0.4, 0.5) is 0 Å². The number of carbonyl (C=O) groups is 2. The summed E-state index contributed by atoms with van der Waals surface area (Å²) in [4.78, 5) is 23.7. The van der Waals surface area contributed by atoms with Crippen molar-refractivity contribution in [2.24, 2.45) is 5.92 Å². The highest BCUT2D eigenvalue weighted by Gasteiger charge is 2.21. The first-order valence-corrected chi connectivity index (χ1v) is 6.83. The maximum atomic E-state index is 11.9. The van der Waals surface area contributed by atoms with Gasteiger partial charge in [0.2, 0.25) is 5.91 Å². The second kappa shape index (κ2) is 6.36. The van der Waals surface area contributed by atoms with Crippen molar-refractivity contribution in [3.05, 3.63) is 35.4 Å². The van der Waals surface area contributed by atoms with Gasteiger partial charge in [0.25, 0.3) is 5.91 Å². The maximum Gasteiger partial charge on any atom is 0.269 e. The molecule has 0 spiro atoms. The quantitative estimate of drug-likeness (QED) is 0.802.